The summed E-state index contributed by atoms with van der Waals surface area (Å²) in [5, 5.41) is 3.01. The van der Waals surface area contributed by atoms with Gasteiger partial charge in [0.2, 0.25) is 15.9 Å². The molecule has 1 saturated heterocycles. The zero-order chi connectivity index (χ0) is 21.7. The lowest BCUT2D eigenvalue weighted by atomic mass is 10.0. The van der Waals surface area contributed by atoms with Crippen LogP contribution in [0, 0.1) is 6.92 Å². The summed E-state index contributed by atoms with van der Waals surface area (Å²) in [4.78, 5) is 14.9. The number of methoxy groups -OCH3 is 1. The van der Waals surface area contributed by atoms with Crippen LogP contribution in [0.25, 0.3) is 0 Å². The molecule has 1 amide bonds. The molecular formula is C22H29N3O4S. The van der Waals surface area contributed by atoms with E-state index < -0.39 is 10.0 Å². The molecule has 1 heterocycles. The van der Waals surface area contributed by atoms with Gasteiger partial charge in [-0.25, -0.2) is 8.42 Å². The molecule has 0 saturated carbocycles. The van der Waals surface area contributed by atoms with E-state index in [0.717, 1.165) is 49.2 Å². The van der Waals surface area contributed by atoms with E-state index in [2.05, 4.69) is 10.2 Å². The number of rotatable bonds is 7. The maximum Gasteiger partial charge on any atom is 0.240 e. The van der Waals surface area contributed by atoms with Crippen LogP contribution in [0.4, 0.5) is 11.4 Å². The number of nitrogens with one attached hydrogen (secondary N) is 1. The minimum absolute atomic E-state index is 0.0327. The summed E-state index contributed by atoms with van der Waals surface area (Å²) in [5.41, 5.74) is 2.47. The van der Waals surface area contributed by atoms with Gasteiger partial charge in [0.15, 0.2) is 0 Å². The Kier molecular flexibility index (Phi) is 6.87. The van der Waals surface area contributed by atoms with Gasteiger partial charge < -0.3 is 15.0 Å². The number of ether oxygens (including phenoxy) is 1. The van der Waals surface area contributed by atoms with Gasteiger partial charge in [0.1, 0.15) is 12.3 Å². The summed E-state index contributed by atoms with van der Waals surface area (Å²) in [7, 11) is -1.93. The maximum absolute atomic E-state index is 12.6. The number of piperidine rings is 1. The fourth-order valence-electron chi connectivity index (χ4n) is 3.70. The summed E-state index contributed by atoms with van der Waals surface area (Å²) in [6.45, 7) is 3.26. The fourth-order valence-corrected chi connectivity index (χ4v) is 4.62. The van der Waals surface area contributed by atoms with Crippen molar-refractivity contribution in [3.63, 3.8) is 0 Å². The molecule has 1 aliphatic heterocycles. The third-order valence-corrected chi connectivity index (χ3v) is 6.50. The first-order chi connectivity index (χ1) is 14.3. The average Bonchev–Trinajstić information content (AvgIpc) is 2.72. The molecule has 0 aromatic heterocycles. The predicted molar refractivity (Wildman–Crippen MR) is 120 cm³/mol. The summed E-state index contributed by atoms with van der Waals surface area (Å²) in [6.07, 6.45) is 2.74. The lowest BCUT2D eigenvalue weighted by molar-refractivity contribution is -0.120. The molecule has 8 heteroatoms. The van der Waals surface area contributed by atoms with Crippen LogP contribution in [0.15, 0.2) is 48.5 Å². The number of carbonyl (C=O) groups is 1. The molecule has 0 radical (unpaired) electrons. The highest BCUT2D eigenvalue weighted by Gasteiger charge is 2.25. The monoisotopic (exact) mass is 431 g/mol. The number of hydrogen-bond acceptors (Lipinski definition) is 5. The normalized spacial score (nSPS) is 15.0. The van der Waals surface area contributed by atoms with Gasteiger partial charge in [0.05, 0.1) is 19.1 Å². The Morgan fingerprint density at radius 1 is 1.13 bits per heavy atom. The highest BCUT2D eigenvalue weighted by molar-refractivity contribution is 7.92. The SMILES string of the molecule is COc1ccc(N2CCC(NC(=O)CN(c3ccccc3C)S(C)(=O)=O)CC2)cc1. The zero-order valence-corrected chi connectivity index (χ0v) is 18.5. The van der Waals surface area contributed by atoms with E-state index in [1.54, 1.807) is 19.2 Å². The van der Waals surface area contributed by atoms with Gasteiger partial charge in [-0.2, -0.15) is 0 Å². The number of amides is 1. The lowest BCUT2D eigenvalue weighted by Crippen LogP contribution is -2.48. The van der Waals surface area contributed by atoms with Gasteiger partial charge in [0, 0.05) is 24.8 Å². The summed E-state index contributed by atoms with van der Waals surface area (Å²) >= 11 is 0. The van der Waals surface area contributed by atoms with Crippen LogP contribution in [0.5, 0.6) is 5.75 Å². The topological polar surface area (TPSA) is 79.0 Å². The molecule has 0 atom stereocenters. The molecular weight excluding hydrogens is 402 g/mol. The van der Waals surface area contributed by atoms with Crippen LogP contribution in [0.2, 0.25) is 0 Å². The fraction of sp³-hybridized carbons (Fsp3) is 0.409. The lowest BCUT2D eigenvalue weighted by Gasteiger charge is -2.34. The summed E-state index contributed by atoms with van der Waals surface area (Å²) in [5.74, 6) is 0.538. The third kappa shape index (κ3) is 5.44. The minimum Gasteiger partial charge on any atom is -0.497 e. The molecule has 1 fully saturated rings. The average molecular weight is 432 g/mol. The van der Waals surface area contributed by atoms with Gasteiger partial charge in [-0.15, -0.1) is 0 Å². The molecule has 2 aromatic carbocycles. The van der Waals surface area contributed by atoms with E-state index in [4.69, 9.17) is 4.74 Å². The van der Waals surface area contributed by atoms with Gasteiger partial charge in [-0.3, -0.25) is 9.10 Å². The molecule has 162 valence electrons. The molecule has 1 aliphatic rings. The predicted octanol–water partition coefficient (Wildman–Crippen LogP) is 2.55. The van der Waals surface area contributed by atoms with Crippen LogP contribution in [-0.4, -0.2) is 53.4 Å². The maximum atomic E-state index is 12.6. The molecule has 3 rings (SSSR count). The van der Waals surface area contributed by atoms with E-state index in [9.17, 15) is 13.2 Å². The second-order valence-corrected chi connectivity index (χ2v) is 9.49. The number of benzene rings is 2. The second-order valence-electron chi connectivity index (χ2n) is 7.58. The standard InChI is InChI=1S/C22H29N3O4S/c1-17-6-4-5-7-21(17)25(30(3,27)28)16-22(26)23-18-12-14-24(15-13-18)19-8-10-20(29-2)11-9-19/h4-11,18H,12-16H2,1-3H3,(H,23,26). The van der Waals surface area contributed by atoms with Crippen LogP contribution < -0.4 is 19.3 Å². The third-order valence-electron chi connectivity index (χ3n) is 5.37. The number of hydrogen-bond donors (Lipinski definition) is 1. The van der Waals surface area contributed by atoms with E-state index in [-0.39, 0.29) is 18.5 Å². The molecule has 0 aliphatic carbocycles. The van der Waals surface area contributed by atoms with Crippen LogP contribution in [0.3, 0.4) is 0 Å². The van der Waals surface area contributed by atoms with E-state index in [1.165, 1.54) is 4.31 Å². The largest absolute Gasteiger partial charge is 0.497 e. The Hall–Kier alpha value is -2.74. The molecule has 0 bridgehead atoms. The molecule has 0 unspecified atom stereocenters. The summed E-state index contributed by atoms with van der Waals surface area (Å²) in [6, 6.07) is 15.1. The van der Waals surface area contributed by atoms with Gasteiger partial charge in [-0.1, -0.05) is 18.2 Å². The Bertz CT molecular complexity index is 968. The Balaban J connectivity index is 1.57. The van der Waals surface area contributed by atoms with Crippen molar-refractivity contribution in [2.75, 3.05) is 42.2 Å². The van der Waals surface area contributed by atoms with E-state index in [0.29, 0.717) is 5.69 Å². The zero-order valence-electron chi connectivity index (χ0n) is 17.7. The number of para-hydroxylation sites is 1. The van der Waals surface area contributed by atoms with Gasteiger partial charge in [-0.05, 0) is 55.7 Å². The molecule has 0 spiro atoms. The van der Waals surface area contributed by atoms with Crippen molar-refractivity contribution in [3.05, 3.63) is 54.1 Å². The Morgan fingerprint density at radius 3 is 2.33 bits per heavy atom. The first kappa shape index (κ1) is 22.0. The minimum atomic E-state index is -3.57. The van der Waals surface area contributed by atoms with Crippen molar-refractivity contribution < 1.29 is 17.9 Å². The second kappa shape index (κ2) is 9.38. The summed E-state index contributed by atoms with van der Waals surface area (Å²) < 4.78 is 30.9. The van der Waals surface area contributed by atoms with Crippen molar-refractivity contribution in [2.45, 2.75) is 25.8 Å². The van der Waals surface area contributed by atoms with Crippen LogP contribution >= 0.6 is 0 Å². The van der Waals surface area contributed by atoms with Crippen LogP contribution in [-0.2, 0) is 14.8 Å². The molecule has 1 N–H and O–H groups in total. The highest BCUT2D eigenvalue weighted by Crippen LogP contribution is 2.24. The number of anilines is 2. The first-order valence-electron chi connectivity index (χ1n) is 9.99. The van der Waals surface area contributed by atoms with Crippen molar-refractivity contribution in [3.8, 4) is 5.75 Å². The van der Waals surface area contributed by atoms with Crippen molar-refractivity contribution >= 4 is 27.3 Å². The van der Waals surface area contributed by atoms with Crippen molar-refractivity contribution in [1.29, 1.82) is 0 Å². The number of aryl methyl sites for hydroxylation is 1. The molecule has 7 nitrogen and oxygen atoms in total. The molecule has 2 aromatic rings. The van der Waals surface area contributed by atoms with E-state index in [1.807, 2.05) is 43.3 Å². The Labute approximate surface area is 178 Å². The quantitative estimate of drug-likeness (QED) is 0.729. The van der Waals surface area contributed by atoms with Crippen molar-refractivity contribution in [1.82, 2.24) is 5.32 Å². The smallest absolute Gasteiger partial charge is 0.240 e. The highest BCUT2D eigenvalue weighted by atomic mass is 32.2. The van der Waals surface area contributed by atoms with Gasteiger partial charge in [0.25, 0.3) is 0 Å². The van der Waals surface area contributed by atoms with Crippen molar-refractivity contribution in [2.24, 2.45) is 0 Å². The first-order valence-corrected chi connectivity index (χ1v) is 11.8. The number of nitrogens with zero attached hydrogens (tertiary/aromatic N) is 2. The molecule has 30 heavy (non-hydrogen) atoms. The van der Waals surface area contributed by atoms with E-state index >= 15 is 0 Å². The van der Waals surface area contributed by atoms with Crippen LogP contribution in [0.1, 0.15) is 18.4 Å². The Morgan fingerprint density at radius 2 is 1.77 bits per heavy atom. The van der Waals surface area contributed by atoms with Gasteiger partial charge >= 0.3 is 0 Å². The number of carbonyl (C=O) groups excluding carboxylic acids is 1. The number of sulfonamides is 1.